The highest BCUT2D eigenvalue weighted by Crippen LogP contribution is 2.58. The second kappa shape index (κ2) is 10.1. The summed E-state index contributed by atoms with van der Waals surface area (Å²) in [5.74, 6) is 3.60. The minimum Gasteiger partial charge on any atom is -0.492 e. The third-order valence-corrected chi connectivity index (χ3v) is 8.99. The summed E-state index contributed by atoms with van der Waals surface area (Å²) in [5, 5.41) is 4.11. The molecule has 3 aromatic rings. The Bertz CT molecular complexity index is 876. The molecule has 1 atom stereocenters. The Hall–Kier alpha value is -2.59. The summed E-state index contributed by atoms with van der Waals surface area (Å²) in [6.45, 7) is 2.16. The summed E-state index contributed by atoms with van der Waals surface area (Å²) in [6, 6.07) is 32.8. The fourth-order valence-corrected chi connectivity index (χ4v) is 7.58. The molecule has 162 valence electrons. The van der Waals surface area contributed by atoms with Crippen LogP contribution in [0.4, 0.5) is 17.3 Å². The standard InChI is InChI=1S/C24H24OP.BF4/c1-20-17-18-21(25-20)19-26(22-11-5-2-6-12-22,23-13-7-3-8-14-23)24-15-9-4-10-16-24;2-1(3,4)5/h2-16,19-20H,17-18H2,1H3;/q+1;-1. The molecular weight excluding hydrogens is 422 g/mol. The highest BCUT2D eigenvalue weighted by atomic mass is 31.2. The Kier molecular flexibility index (Phi) is 7.56. The molecule has 0 saturated carbocycles. The predicted octanol–water partition coefficient (Wildman–Crippen LogP) is 6.32. The molecule has 1 unspecified atom stereocenters. The van der Waals surface area contributed by atoms with Gasteiger partial charge in [-0.3, -0.25) is 0 Å². The molecule has 1 aliphatic rings. The van der Waals surface area contributed by atoms with E-state index in [9.17, 15) is 17.3 Å². The van der Waals surface area contributed by atoms with Crippen LogP contribution in [0.3, 0.4) is 0 Å². The lowest BCUT2D eigenvalue weighted by Crippen LogP contribution is -2.29. The van der Waals surface area contributed by atoms with Crippen LogP contribution in [0.2, 0.25) is 0 Å². The van der Waals surface area contributed by atoms with Crippen molar-refractivity contribution in [3.63, 3.8) is 0 Å². The molecule has 0 spiro atoms. The van der Waals surface area contributed by atoms with Crippen molar-refractivity contribution < 1.29 is 22.0 Å². The molecule has 1 saturated heterocycles. The van der Waals surface area contributed by atoms with Crippen LogP contribution in [0, 0.1) is 0 Å². The van der Waals surface area contributed by atoms with Crippen molar-refractivity contribution in [3.05, 3.63) is 103 Å². The van der Waals surface area contributed by atoms with Crippen LogP contribution in [-0.2, 0) is 4.74 Å². The van der Waals surface area contributed by atoms with Crippen molar-refractivity contribution in [2.75, 3.05) is 0 Å². The first-order valence-corrected chi connectivity index (χ1v) is 12.0. The largest absolute Gasteiger partial charge is 0.673 e. The second-order valence-electron chi connectivity index (χ2n) is 7.29. The first-order chi connectivity index (χ1) is 14.8. The van der Waals surface area contributed by atoms with E-state index in [2.05, 4.69) is 104 Å². The molecule has 31 heavy (non-hydrogen) atoms. The van der Waals surface area contributed by atoms with Gasteiger partial charge in [0.1, 0.15) is 34.8 Å². The van der Waals surface area contributed by atoms with Crippen LogP contribution in [-0.4, -0.2) is 13.4 Å². The maximum atomic E-state index is 9.75. The topological polar surface area (TPSA) is 9.23 Å². The Morgan fingerprint density at radius 1 is 0.742 bits per heavy atom. The SMILES string of the molecule is CC1CCC(=C[P+](c2ccccc2)(c2ccccc2)c2ccccc2)O1.F[B-](F)(F)F. The Morgan fingerprint density at radius 2 is 1.10 bits per heavy atom. The maximum Gasteiger partial charge on any atom is 0.673 e. The third-order valence-electron chi connectivity index (χ3n) is 4.98. The molecule has 7 heteroatoms. The van der Waals surface area contributed by atoms with E-state index in [0.717, 1.165) is 18.6 Å². The number of benzene rings is 3. The lowest BCUT2D eigenvalue weighted by molar-refractivity contribution is 0.178. The van der Waals surface area contributed by atoms with Gasteiger partial charge in [0.15, 0.2) is 0 Å². The monoisotopic (exact) mass is 446 g/mol. The third kappa shape index (κ3) is 6.21. The summed E-state index contributed by atoms with van der Waals surface area (Å²) in [5.41, 5.74) is 0. The second-order valence-corrected chi connectivity index (χ2v) is 10.5. The molecule has 4 rings (SSSR count). The first-order valence-electron chi connectivity index (χ1n) is 10.1. The quantitative estimate of drug-likeness (QED) is 0.259. The van der Waals surface area contributed by atoms with Gasteiger partial charge in [0.2, 0.25) is 0 Å². The summed E-state index contributed by atoms with van der Waals surface area (Å²) in [4.78, 5) is 0. The van der Waals surface area contributed by atoms with E-state index < -0.39 is 14.5 Å². The van der Waals surface area contributed by atoms with E-state index in [0.29, 0.717) is 6.10 Å². The summed E-state index contributed by atoms with van der Waals surface area (Å²) >= 11 is 0. The van der Waals surface area contributed by atoms with Crippen molar-refractivity contribution in [1.82, 2.24) is 0 Å². The summed E-state index contributed by atoms with van der Waals surface area (Å²) in [7, 11) is -7.92. The summed E-state index contributed by atoms with van der Waals surface area (Å²) < 4.78 is 45.2. The Labute approximate surface area is 181 Å². The minimum absolute atomic E-state index is 0.311. The van der Waals surface area contributed by atoms with Gasteiger partial charge in [0.05, 0.1) is 6.10 Å². The molecule has 0 bridgehead atoms. The highest BCUT2D eigenvalue weighted by molar-refractivity contribution is 7.98. The zero-order valence-corrected chi connectivity index (χ0v) is 18.1. The van der Waals surface area contributed by atoms with Crippen LogP contribution >= 0.6 is 7.26 Å². The number of hydrogen-bond donors (Lipinski definition) is 0. The zero-order valence-electron chi connectivity index (χ0n) is 17.2. The molecule has 0 amide bonds. The fourth-order valence-electron chi connectivity index (χ4n) is 3.69. The zero-order chi connectivity index (χ0) is 22.3. The number of hydrogen-bond acceptors (Lipinski definition) is 1. The van der Waals surface area contributed by atoms with Crippen molar-refractivity contribution in [2.24, 2.45) is 0 Å². The fraction of sp³-hybridized carbons (Fsp3) is 0.167. The van der Waals surface area contributed by atoms with Crippen molar-refractivity contribution in [1.29, 1.82) is 0 Å². The number of allylic oxidation sites excluding steroid dienone is 1. The molecule has 0 radical (unpaired) electrons. The van der Waals surface area contributed by atoms with E-state index in [-0.39, 0.29) is 0 Å². The predicted molar refractivity (Wildman–Crippen MR) is 123 cm³/mol. The number of halogens is 4. The van der Waals surface area contributed by atoms with Crippen LogP contribution in [0.15, 0.2) is 103 Å². The van der Waals surface area contributed by atoms with E-state index in [1.54, 1.807) is 0 Å². The average molecular weight is 446 g/mol. The molecule has 0 N–H and O–H groups in total. The van der Waals surface area contributed by atoms with Gasteiger partial charge in [-0.25, -0.2) is 0 Å². The van der Waals surface area contributed by atoms with E-state index in [1.165, 1.54) is 15.9 Å². The smallest absolute Gasteiger partial charge is 0.492 e. The van der Waals surface area contributed by atoms with Crippen LogP contribution in [0.5, 0.6) is 0 Å². The normalized spacial score (nSPS) is 17.6. The number of ether oxygens (including phenoxy) is 1. The van der Waals surface area contributed by atoms with Gasteiger partial charge < -0.3 is 22.0 Å². The summed E-state index contributed by atoms with van der Waals surface area (Å²) in [6.07, 6.45) is 2.44. The van der Waals surface area contributed by atoms with E-state index >= 15 is 0 Å². The Balaban J connectivity index is 0.000000491. The number of rotatable bonds is 4. The molecule has 1 heterocycles. The molecular formula is C24H24BF4OP. The Morgan fingerprint density at radius 3 is 1.39 bits per heavy atom. The molecule has 1 aliphatic heterocycles. The van der Waals surface area contributed by atoms with Gasteiger partial charge in [-0.2, -0.15) is 0 Å². The molecule has 3 aromatic carbocycles. The van der Waals surface area contributed by atoms with E-state index in [4.69, 9.17) is 4.74 Å². The molecule has 1 nitrogen and oxygen atoms in total. The minimum atomic E-state index is -6.00. The van der Waals surface area contributed by atoms with Crippen molar-refractivity contribution >= 4 is 30.4 Å². The van der Waals surface area contributed by atoms with E-state index in [1.807, 2.05) is 0 Å². The van der Waals surface area contributed by atoms with Gasteiger partial charge in [0.25, 0.3) is 0 Å². The molecule has 1 fully saturated rings. The lowest BCUT2D eigenvalue weighted by Gasteiger charge is -2.24. The van der Waals surface area contributed by atoms with Crippen LogP contribution in [0.1, 0.15) is 19.8 Å². The maximum absolute atomic E-state index is 9.75. The van der Waals surface area contributed by atoms with Gasteiger partial charge in [0, 0.05) is 6.42 Å². The van der Waals surface area contributed by atoms with Gasteiger partial charge in [-0.15, -0.1) is 0 Å². The molecule has 0 aliphatic carbocycles. The van der Waals surface area contributed by atoms with Gasteiger partial charge >= 0.3 is 7.25 Å². The lowest BCUT2D eigenvalue weighted by atomic mass is 10.2. The highest BCUT2D eigenvalue weighted by Gasteiger charge is 2.45. The van der Waals surface area contributed by atoms with Crippen molar-refractivity contribution in [3.8, 4) is 0 Å². The molecule has 0 aromatic heterocycles. The average Bonchev–Trinajstić information content (AvgIpc) is 3.17. The van der Waals surface area contributed by atoms with Crippen LogP contribution in [0.25, 0.3) is 0 Å². The van der Waals surface area contributed by atoms with Crippen molar-refractivity contribution in [2.45, 2.75) is 25.9 Å². The van der Waals surface area contributed by atoms with Crippen LogP contribution < -0.4 is 15.9 Å². The van der Waals surface area contributed by atoms with Gasteiger partial charge in [-0.1, -0.05) is 54.6 Å². The first kappa shape index (κ1) is 23.1. The van der Waals surface area contributed by atoms with Gasteiger partial charge in [-0.05, 0) is 49.7 Å².